The molecule has 0 unspecified atom stereocenters. The van der Waals surface area contributed by atoms with E-state index in [1.165, 1.54) is 11.1 Å². The summed E-state index contributed by atoms with van der Waals surface area (Å²) in [4.78, 5) is 18.8. The molecule has 0 spiro atoms. The van der Waals surface area contributed by atoms with Crippen molar-refractivity contribution in [2.75, 3.05) is 19.7 Å². The van der Waals surface area contributed by atoms with E-state index < -0.39 is 0 Å². The van der Waals surface area contributed by atoms with E-state index >= 15 is 0 Å². The van der Waals surface area contributed by atoms with Crippen molar-refractivity contribution >= 4 is 10.9 Å². The Labute approximate surface area is 188 Å². The van der Waals surface area contributed by atoms with Crippen LogP contribution in [-0.4, -0.2) is 55.9 Å². The van der Waals surface area contributed by atoms with Crippen LogP contribution in [0.2, 0.25) is 0 Å². The van der Waals surface area contributed by atoms with Gasteiger partial charge < -0.3 is 9.72 Å². The maximum absolute atomic E-state index is 13.3. The molecule has 2 saturated heterocycles. The molecule has 2 fully saturated rings. The summed E-state index contributed by atoms with van der Waals surface area (Å²) in [6, 6.07) is 5.95. The molecule has 0 amide bonds. The quantitative estimate of drug-likeness (QED) is 0.661. The van der Waals surface area contributed by atoms with E-state index in [1.807, 2.05) is 10.7 Å². The van der Waals surface area contributed by atoms with E-state index in [2.05, 4.69) is 58.3 Å². The van der Waals surface area contributed by atoms with Gasteiger partial charge in [-0.15, -0.1) is 5.10 Å². The van der Waals surface area contributed by atoms with Crippen molar-refractivity contribution in [2.24, 2.45) is 5.92 Å². The summed E-state index contributed by atoms with van der Waals surface area (Å²) >= 11 is 0. The molecule has 2 aromatic heterocycles. The number of hydrogen-bond donors (Lipinski definition) is 1. The highest BCUT2D eigenvalue weighted by Crippen LogP contribution is 2.31. The average Bonchev–Trinajstić information content (AvgIpc) is 3.44. The van der Waals surface area contributed by atoms with Gasteiger partial charge in [0, 0.05) is 17.7 Å². The van der Waals surface area contributed by atoms with Crippen LogP contribution in [0.1, 0.15) is 61.2 Å². The molecule has 0 radical (unpaired) electrons. The van der Waals surface area contributed by atoms with Crippen LogP contribution >= 0.6 is 0 Å². The SMILES string of the molecule is Cc1cc2cc([C@@H](c3nnnn3C[C@H]3CCCO3)N3CCC(C)CC3)c(=O)[nH]c2cc1C. The molecule has 170 valence electrons. The summed E-state index contributed by atoms with van der Waals surface area (Å²) in [6.07, 6.45) is 4.42. The molecule has 2 aliphatic rings. The third-order valence-corrected chi connectivity index (χ3v) is 7.17. The number of piperidine rings is 1. The molecule has 1 aromatic carbocycles. The van der Waals surface area contributed by atoms with E-state index in [9.17, 15) is 4.79 Å². The predicted molar refractivity (Wildman–Crippen MR) is 123 cm³/mol. The Morgan fingerprint density at radius 2 is 1.94 bits per heavy atom. The summed E-state index contributed by atoms with van der Waals surface area (Å²) in [6.45, 7) is 9.71. The lowest BCUT2D eigenvalue weighted by molar-refractivity contribution is 0.0894. The summed E-state index contributed by atoms with van der Waals surface area (Å²) < 4.78 is 7.68. The number of pyridine rings is 1. The normalized spacial score (nSPS) is 21.4. The smallest absolute Gasteiger partial charge is 0.253 e. The van der Waals surface area contributed by atoms with E-state index in [0.717, 1.165) is 62.1 Å². The minimum atomic E-state index is -0.284. The van der Waals surface area contributed by atoms with Crippen molar-refractivity contribution in [2.45, 2.75) is 65.1 Å². The number of H-pyrrole nitrogens is 1. The van der Waals surface area contributed by atoms with Crippen molar-refractivity contribution in [3.05, 3.63) is 51.1 Å². The zero-order valence-corrected chi connectivity index (χ0v) is 19.2. The third kappa shape index (κ3) is 4.09. The van der Waals surface area contributed by atoms with Crippen molar-refractivity contribution in [3.8, 4) is 0 Å². The Hall–Kier alpha value is -2.58. The number of aromatic nitrogens is 5. The predicted octanol–water partition coefficient (Wildman–Crippen LogP) is 3.13. The third-order valence-electron chi connectivity index (χ3n) is 7.17. The summed E-state index contributed by atoms with van der Waals surface area (Å²) in [5.74, 6) is 1.42. The monoisotopic (exact) mass is 436 g/mol. The second-order valence-electron chi connectivity index (χ2n) is 9.55. The van der Waals surface area contributed by atoms with Gasteiger partial charge in [-0.3, -0.25) is 9.69 Å². The lowest BCUT2D eigenvalue weighted by Gasteiger charge is -2.36. The van der Waals surface area contributed by atoms with Crippen LogP contribution in [-0.2, 0) is 11.3 Å². The molecule has 32 heavy (non-hydrogen) atoms. The number of fused-ring (bicyclic) bond motifs is 1. The van der Waals surface area contributed by atoms with Gasteiger partial charge in [0.25, 0.3) is 5.56 Å². The first-order chi connectivity index (χ1) is 15.5. The minimum absolute atomic E-state index is 0.0731. The van der Waals surface area contributed by atoms with Gasteiger partial charge in [0.2, 0.25) is 0 Å². The molecule has 3 aromatic rings. The van der Waals surface area contributed by atoms with Crippen LogP contribution in [0.3, 0.4) is 0 Å². The summed E-state index contributed by atoms with van der Waals surface area (Å²) in [5.41, 5.74) is 3.88. The molecule has 0 saturated carbocycles. The molecule has 2 aliphatic heterocycles. The molecular weight excluding hydrogens is 404 g/mol. The fourth-order valence-electron chi connectivity index (χ4n) is 5.00. The van der Waals surface area contributed by atoms with E-state index in [0.29, 0.717) is 18.0 Å². The van der Waals surface area contributed by atoms with Crippen LogP contribution in [0.5, 0.6) is 0 Å². The number of aromatic amines is 1. The molecule has 8 heteroatoms. The van der Waals surface area contributed by atoms with Gasteiger partial charge in [-0.05, 0) is 104 Å². The fraction of sp³-hybridized carbons (Fsp3) is 0.583. The molecule has 8 nitrogen and oxygen atoms in total. The van der Waals surface area contributed by atoms with Gasteiger partial charge in [0.05, 0.1) is 12.6 Å². The van der Waals surface area contributed by atoms with Crippen molar-refractivity contribution < 1.29 is 4.74 Å². The van der Waals surface area contributed by atoms with Gasteiger partial charge in [0.15, 0.2) is 5.82 Å². The molecule has 0 aliphatic carbocycles. The number of aryl methyl sites for hydroxylation is 2. The Bertz CT molecular complexity index is 1150. The van der Waals surface area contributed by atoms with E-state index in [1.54, 1.807) is 0 Å². The first-order valence-corrected chi connectivity index (χ1v) is 11.8. The largest absolute Gasteiger partial charge is 0.376 e. The van der Waals surface area contributed by atoms with Crippen molar-refractivity contribution in [1.29, 1.82) is 0 Å². The number of nitrogens with zero attached hydrogens (tertiary/aromatic N) is 5. The first kappa shape index (κ1) is 21.3. The number of nitrogens with one attached hydrogen (secondary N) is 1. The highest BCUT2D eigenvalue weighted by Gasteiger charge is 2.33. The van der Waals surface area contributed by atoms with Crippen LogP contribution in [0.25, 0.3) is 10.9 Å². The second kappa shape index (κ2) is 8.75. The van der Waals surface area contributed by atoms with Gasteiger partial charge in [-0.1, -0.05) is 6.92 Å². The fourth-order valence-corrected chi connectivity index (χ4v) is 5.00. The minimum Gasteiger partial charge on any atom is -0.376 e. The topological polar surface area (TPSA) is 88.9 Å². The zero-order valence-electron chi connectivity index (χ0n) is 19.2. The van der Waals surface area contributed by atoms with Crippen LogP contribution in [0.4, 0.5) is 0 Å². The number of tetrazole rings is 1. The molecule has 2 atom stereocenters. The molecule has 4 heterocycles. The molecule has 1 N–H and O–H groups in total. The number of hydrogen-bond acceptors (Lipinski definition) is 6. The Morgan fingerprint density at radius 1 is 1.16 bits per heavy atom. The first-order valence-electron chi connectivity index (χ1n) is 11.8. The maximum atomic E-state index is 13.3. The Balaban J connectivity index is 1.60. The Morgan fingerprint density at radius 3 is 2.69 bits per heavy atom. The van der Waals surface area contributed by atoms with Crippen molar-refractivity contribution in [1.82, 2.24) is 30.1 Å². The highest BCUT2D eigenvalue weighted by atomic mass is 16.5. The lowest BCUT2D eigenvalue weighted by atomic mass is 9.95. The van der Waals surface area contributed by atoms with E-state index in [4.69, 9.17) is 4.74 Å². The zero-order chi connectivity index (χ0) is 22.2. The van der Waals surface area contributed by atoms with Crippen LogP contribution in [0.15, 0.2) is 23.0 Å². The van der Waals surface area contributed by atoms with Crippen LogP contribution in [0, 0.1) is 19.8 Å². The van der Waals surface area contributed by atoms with Gasteiger partial charge >= 0.3 is 0 Å². The number of ether oxygens (including phenoxy) is 1. The molecule has 5 rings (SSSR count). The number of rotatable bonds is 5. The highest BCUT2D eigenvalue weighted by molar-refractivity contribution is 5.81. The van der Waals surface area contributed by atoms with Crippen LogP contribution < -0.4 is 5.56 Å². The molecular formula is C24H32N6O2. The van der Waals surface area contributed by atoms with Gasteiger partial charge in [-0.25, -0.2) is 4.68 Å². The standard InChI is InChI=1S/C24H32N6O2/c1-15-6-8-29(9-7-15)22(23-26-27-28-30(23)14-19-5-4-10-32-19)20-13-18-11-16(2)17(3)12-21(18)25-24(20)31/h11-13,15,19,22H,4-10,14H2,1-3H3,(H,25,31)/t19-,22+/m1/s1. The number of benzene rings is 1. The average molecular weight is 437 g/mol. The van der Waals surface area contributed by atoms with Gasteiger partial charge in [-0.2, -0.15) is 0 Å². The second-order valence-corrected chi connectivity index (χ2v) is 9.55. The summed E-state index contributed by atoms with van der Waals surface area (Å²) in [7, 11) is 0. The summed E-state index contributed by atoms with van der Waals surface area (Å²) in [5, 5.41) is 13.8. The lowest BCUT2D eigenvalue weighted by Crippen LogP contribution is -2.40. The van der Waals surface area contributed by atoms with E-state index in [-0.39, 0.29) is 17.7 Å². The Kier molecular flexibility index (Phi) is 5.82. The number of likely N-dealkylation sites (tertiary alicyclic amines) is 1. The van der Waals surface area contributed by atoms with Gasteiger partial charge in [0.1, 0.15) is 6.04 Å². The maximum Gasteiger partial charge on any atom is 0.253 e. The molecule has 0 bridgehead atoms. The van der Waals surface area contributed by atoms with Crippen molar-refractivity contribution in [3.63, 3.8) is 0 Å².